The molecule has 13 heavy (non-hydrogen) atoms. The van der Waals surface area contributed by atoms with Crippen molar-refractivity contribution in [3.05, 3.63) is 0 Å². The summed E-state index contributed by atoms with van der Waals surface area (Å²) in [6.45, 7) is 2.16. The summed E-state index contributed by atoms with van der Waals surface area (Å²) in [5, 5.41) is 0. The van der Waals surface area contributed by atoms with Crippen molar-refractivity contribution in [1.82, 2.24) is 0 Å². The summed E-state index contributed by atoms with van der Waals surface area (Å²) < 4.78 is 1.10. The number of quaternary nitrogens is 1. The first kappa shape index (κ1) is 12.9. The lowest BCUT2D eigenvalue weighted by Gasteiger charge is -2.23. The van der Waals surface area contributed by atoms with Crippen LogP contribution in [0.25, 0.3) is 0 Å². The average molecular weight is 187 g/mol. The molecule has 0 radical (unpaired) electrons. The van der Waals surface area contributed by atoms with Gasteiger partial charge in [-0.2, -0.15) is 0 Å². The maximum atomic E-state index is 5.42. The van der Waals surface area contributed by atoms with Crippen molar-refractivity contribution in [1.29, 1.82) is 0 Å². The second-order valence-corrected chi connectivity index (χ2v) is 4.92. The lowest BCUT2D eigenvalue weighted by molar-refractivity contribution is -0.870. The van der Waals surface area contributed by atoms with Gasteiger partial charge in [0.25, 0.3) is 0 Å². The van der Waals surface area contributed by atoms with Crippen LogP contribution in [-0.4, -0.2) is 38.7 Å². The molecule has 0 fully saturated rings. The van der Waals surface area contributed by atoms with Crippen molar-refractivity contribution < 1.29 is 4.48 Å². The van der Waals surface area contributed by atoms with Crippen molar-refractivity contribution >= 4 is 0 Å². The summed E-state index contributed by atoms with van der Waals surface area (Å²) in [4.78, 5) is 0. The molecule has 0 heterocycles. The third kappa shape index (κ3) is 11.9. The summed E-state index contributed by atoms with van der Waals surface area (Å²) in [5.41, 5.74) is 5.42. The lowest BCUT2D eigenvalue weighted by Crippen LogP contribution is -2.35. The van der Waals surface area contributed by atoms with E-state index in [0.717, 1.165) is 11.0 Å². The number of nitrogens with zero attached hydrogens (tertiary/aromatic N) is 1. The van der Waals surface area contributed by atoms with Gasteiger partial charge in [-0.05, 0) is 25.8 Å². The van der Waals surface area contributed by atoms with E-state index < -0.39 is 0 Å². The van der Waals surface area contributed by atoms with Crippen molar-refractivity contribution in [3.63, 3.8) is 0 Å². The Morgan fingerprint density at radius 3 is 1.69 bits per heavy atom. The van der Waals surface area contributed by atoms with Gasteiger partial charge in [-0.3, -0.25) is 0 Å². The largest absolute Gasteiger partial charge is 0.331 e. The maximum Gasteiger partial charge on any atom is 0.0780 e. The highest BCUT2D eigenvalue weighted by molar-refractivity contribution is 4.45. The molecular weight excluding hydrogens is 160 g/mol. The molecule has 80 valence electrons. The molecule has 0 bridgehead atoms. The van der Waals surface area contributed by atoms with Gasteiger partial charge in [0, 0.05) is 0 Å². The van der Waals surface area contributed by atoms with E-state index in [4.69, 9.17) is 5.73 Å². The minimum absolute atomic E-state index is 0.860. The Bertz CT molecular complexity index is 105. The van der Waals surface area contributed by atoms with E-state index in [-0.39, 0.29) is 0 Å². The van der Waals surface area contributed by atoms with E-state index in [9.17, 15) is 0 Å². The normalized spacial score (nSPS) is 12.0. The van der Waals surface area contributed by atoms with Crippen LogP contribution in [0.5, 0.6) is 0 Å². The predicted molar refractivity (Wildman–Crippen MR) is 59.7 cm³/mol. The third-order valence-corrected chi connectivity index (χ3v) is 2.28. The van der Waals surface area contributed by atoms with Crippen molar-refractivity contribution in [3.8, 4) is 0 Å². The Balaban J connectivity index is 3.00. The second-order valence-electron chi connectivity index (χ2n) is 4.92. The van der Waals surface area contributed by atoms with Crippen molar-refractivity contribution in [2.24, 2.45) is 5.73 Å². The van der Waals surface area contributed by atoms with Gasteiger partial charge >= 0.3 is 0 Å². The highest BCUT2D eigenvalue weighted by atomic mass is 15.3. The zero-order chi connectivity index (χ0) is 10.2. The molecule has 0 atom stereocenters. The molecule has 0 amide bonds. The minimum Gasteiger partial charge on any atom is -0.331 e. The molecule has 2 heteroatoms. The van der Waals surface area contributed by atoms with Crippen LogP contribution in [0.15, 0.2) is 0 Å². The van der Waals surface area contributed by atoms with Gasteiger partial charge in [-0.15, -0.1) is 0 Å². The Hall–Kier alpha value is -0.0800. The van der Waals surface area contributed by atoms with Crippen LogP contribution < -0.4 is 5.73 Å². The van der Waals surface area contributed by atoms with Crippen LogP contribution >= 0.6 is 0 Å². The van der Waals surface area contributed by atoms with E-state index in [2.05, 4.69) is 21.1 Å². The first-order valence-electron chi connectivity index (χ1n) is 5.57. The molecule has 0 aromatic rings. The van der Waals surface area contributed by atoms with E-state index in [1.165, 1.54) is 45.1 Å². The van der Waals surface area contributed by atoms with E-state index in [0.29, 0.717) is 0 Å². The smallest absolute Gasteiger partial charge is 0.0780 e. The van der Waals surface area contributed by atoms with E-state index in [1.807, 2.05) is 0 Å². The van der Waals surface area contributed by atoms with E-state index >= 15 is 0 Å². The number of nitrogens with two attached hydrogens (primary N) is 1. The summed E-state index contributed by atoms with van der Waals surface area (Å²) in [7, 11) is 6.78. The molecule has 0 aliphatic heterocycles. The third-order valence-electron chi connectivity index (χ3n) is 2.28. The van der Waals surface area contributed by atoms with Crippen LogP contribution in [0, 0.1) is 0 Å². The standard InChI is InChI=1S/C11H27N2/c1-13(2,3)11-9-7-5-4-6-8-10-12/h4-12H2,1-3H3/q+1. The van der Waals surface area contributed by atoms with Gasteiger partial charge < -0.3 is 10.2 Å². The van der Waals surface area contributed by atoms with Crippen LogP contribution in [0.1, 0.15) is 38.5 Å². The fourth-order valence-electron chi connectivity index (χ4n) is 1.44. The molecule has 0 aliphatic carbocycles. The van der Waals surface area contributed by atoms with Gasteiger partial charge in [0.2, 0.25) is 0 Å². The van der Waals surface area contributed by atoms with Crippen LogP contribution in [0.4, 0.5) is 0 Å². The first-order valence-corrected chi connectivity index (χ1v) is 5.57. The fourth-order valence-corrected chi connectivity index (χ4v) is 1.44. The molecule has 0 aliphatic rings. The molecule has 0 aromatic carbocycles. The van der Waals surface area contributed by atoms with Gasteiger partial charge in [-0.1, -0.05) is 19.3 Å². The first-order chi connectivity index (χ1) is 6.06. The van der Waals surface area contributed by atoms with Crippen molar-refractivity contribution in [2.75, 3.05) is 34.2 Å². The number of hydrogen-bond donors (Lipinski definition) is 1. The zero-order valence-electron chi connectivity index (χ0n) is 9.68. The Labute approximate surface area is 83.7 Å². The maximum absolute atomic E-state index is 5.42. The fraction of sp³-hybridized carbons (Fsp3) is 1.00. The molecule has 2 nitrogen and oxygen atoms in total. The summed E-state index contributed by atoms with van der Waals surface area (Å²) in [6.07, 6.45) is 8.04. The molecule has 0 rings (SSSR count). The Morgan fingerprint density at radius 1 is 0.769 bits per heavy atom. The summed E-state index contributed by atoms with van der Waals surface area (Å²) >= 11 is 0. The van der Waals surface area contributed by atoms with Gasteiger partial charge in [0.1, 0.15) is 0 Å². The lowest BCUT2D eigenvalue weighted by atomic mass is 10.1. The number of rotatable bonds is 8. The Morgan fingerprint density at radius 2 is 1.23 bits per heavy atom. The quantitative estimate of drug-likeness (QED) is 0.456. The SMILES string of the molecule is C[N+](C)(C)CCCCCCCCN. The molecule has 0 spiro atoms. The molecule has 0 saturated carbocycles. The molecule has 0 unspecified atom stereocenters. The molecule has 0 aromatic heterocycles. The molecular formula is C11H27N2+. The monoisotopic (exact) mass is 187 g/mol. The zero-order valence-corrected chi connectivity index (χ0v) is 9.68. The van der Waals surface area contributed by atoms with Gasteiger partial charge in [-0.25, -0.2) is 0 Å². The van der Waals surface area contributed by atoms with Crippen LogP contribution in [0.3, 0.4) is 0 Å². The number of unbranched alkanes of at least 4 members (excludes halogenated alkanes) is 5. The average Bonchev–Trinajstić information content (AvgIpc) is 2.01. The van der Waals surface area contributed by atoms with Gasteiger partial charge in [0.15, 0.2) is 0 Å². The molecule has 2 N–H and O–H groups in total. The summed E-state index contributed by atoms with van der Waals surface area (Å²) in [5.74, 6) is 0. The molecule has 0 saturated heterocycles. The minimum atomic E-state index is 0.860. The van der Waals surface area contributed by atoms with E-state index in [1.54, 1.807) is 0 Å². The predicted octanol–water partition coefficient (Wildman–Crippen LogP) is 1.99. The Kier molecular flexibility index (Phi) is 7.29. The summed E-state index contributed by atoms with van der Waals surface area (Å²) in [6, 6.07) is 0. The van der Waals surface area contributed by atoms with Crippen molar-refractivity contribution in [2.45, 2.75) is 38.5 Å². The van der Waals surface area contributed by atoms with Crippen LogP contribution in [0.2, 0.25) is 0 Å². The topological polar surface area (TPSA) is 26.0 Å². The highest BCUT2D eigenvalue weighted by Crippen LogP contribution is 2.06. The van der Waals surface area contributed by atoms with Gasteiger partial charge in [0.05, 0.1) is 27.7 Å². The number of hydrogen-bond acceptors (Lipinski definition) is 1. The van der Waals surface area contributed by atoms with Crippen LogP contribution in [-0.2, 0) is 0 Å². The second kappa shape index (κ2) is 7.34. The highest BCUT2D eigenvalue weighted by Gasteiger charge is 2.04.